The van der Waals surface area contributed by atoms with Crippen LogP contribution >= 0.6 is 22.6 Å². The van der Waals surface area contributed by atoms with Gasteiger partial charge in [0.2, 0.25) is 5.91 Å². The maximum atomic E-state index is 11.5. The molecule has 0 heterocycles. The Morgan fingerprint density at radius 3 is 2.45 bits per heavy atom. The van der Waals surface area contributed by atoms with Gasteiger partial charge in [0.15, 0.2) is 0 Å². The number of carbonyl (C=O) groups excluding carboxylic acids is 1. The maximum Gasteiger partial charge on any atom is 0.295 e. The first-order valence-electron chi connectivity index (χ1n) is 6.49. The fourth-order valence-electron chi connectivity index (χ4n) is 2.12. The van der Waals surface area contributed by atoms with Crippen LogP contribution in [-0.2, 0) is 14.9 Å². The number of halogens is 1. The summed E-state index contributed by atoms with van der Waals surface area (Å²) in [4.78, 5) is 11.0. The smallest absolute Gasteiger partial charge is 0.295 e. The minimum absolute atomic E-state index is 0.0565. The van der Waals surface area contributed by atoms with Crippen LogP contribution in [0.4, 0.5) is 5.69 Å². The highest BCUT2D eigenvalue weighted by Gasteiger charge is 2.16. The van der Waals surface area contributed by atoms with E-state index >= 15 is 0 Å². The first-order valence-corrected chi connectivity index (χ1v) is 9.46. The average molecular weight is 434 g/mol. The van der Waals surface area contributed by atoms with Gasteiger partial charge in [-0.15, -0.1) is 0 Å². The Morgan fingerprint density at radius 1 is 1.14 bits per heavy atom. The molecule has 2 aromatic rings. The zero-order chi connectivity index (χ0) is 16.2. The van der Waals surface area contributed by atoms with Gasteiger partial charge >= 0.3 is 0 Å². The van der Waals surface area contributed by atoms with Crippen molar-refractivity contribution < 1.29 is 17.8 Å². The fraction of sp³-hybridized carbons (Fsp3) is 0.214. The lowest BCUT2D eigenvalue weighted by molar-refractivity contribution is -0.118. The molecule has 6 nitrogen and oxygen atoms in total. The molecule has 0 fully saturated rings. The minimum Gasteiger partial charge on any atom is -0.383 e. The molecule has 0 aliphatic carbocycles. The lowest BCUT2D eigenvalue weighted by Gasteiger charge is -2.12. The first-order chi connectivity index (χ1) is 10.4. The van der Waals surface area contributed by atoms with Crippen molar-refractivity contribution in [2.75, 3.05) is 22.8 Å². The summed E-state index contributed by atoms with van der Waals surface area (Å²) in [6, 6.07) is 10.0. The average Bonchev–Trinajstić information content (AvgIpc) is 2.49. The van der Waals surface area contributed by atoms with Crippen molar-refractivity contribution in [2.45, 2.75) is 4.90 Å². The van der Waals surface area contributed by atoms with Crippen LogP contribution in [0.5, 0.6) is 0 Å². The number of hydrogen-bond acceptors (Lipinski definition) is 4. The molecular weight excluding hydrogens is 419 g/mol. The number of rotatable bonds is 6. The van der Waals surface area contributed by atoms with Crippen LogP contribution in [-0.4, -0.2) is 36.4 Å². The van der Waals surface area contributed by atoms with Gasteiger partial charge in [0.05, 0.1) is 4.43 Å². The number of benzene rings is 2. The summed E-state index contributed by atoms with van der Waals surface area (Å²) in [5, 5.41) is 6.95. The van der Waals surface area contributed by atoms with E-state index < -0.39 is 10.1 Å². The maximum absolute atomic E-state index is 11.5. The number of hydrogen-bond donors (Lipinski definition) is 3. The third-order valence-electron chi connectivity index (χ3n) is 3.03. The molecule has 0 saturated heterocycles. The highest BCUT2D eigenvalue weighted by atomic mass is 127. The van der Waals surface area contributed by atoms with E-state index in [1.54, 1.807) is 30.3 Å². The summed E-state index contributed by atoms with van der Waals surface area (Å²) in [6.45, 7) is 0.869. The molecule has 2 aromatic carbocycles. The Hall–Kier alpha value is -1.39. The number of anilines is 1. The molecule has 118 valence electrons. The van der Waals surface area contributed by atoms with Crippen LogP contribution in [0.1, 0.15) is 0 Å². The fourth-order valence-corrected chi connectivity index (χ4v) is 3.12. The largest absolute Gasteiger partial charge is 0.383 e. The number of amides is 1. The molecule has 0 unspecified atom stereocenters. The van der Waals surface area contributed by atoms with Gasteiger partial charge < -0.3 is 10.6 Å². The molecule has 0 saturated carbocycles. The van der Waals surface area contributed by atoms with Crippen LogP contribution in [0.15, 0.2) is 41.3 Å². The van der Waals surface area contributed by atoms with Crippen molar-refractivity contribution in [3.63, 3.8) is 0 Å². The minimum atomic E-state index is -4.31. The first kappa shape index (κ1) is 17.0. The third-order valence-corrected chi connectivity index (χ3v) is 4.62. The molecule has 0 spiro atoms. The molecule has 1 amide bonds. The summed E-state index contributed by atoms with van der Waals surface area (Å²) in [6.07, 6.45) is 0. The Labute approximate surface area is 142 Å². The number of carbonyl (C=O) groups is 1. The van der Waals surface area contributed by atoms with E-state index in [1.165, 1.54) is 6.07 Å². The molecular formula is C14H15IN2O4S. The molecule has 22 heavy (non-hydrogen) atoms. The molecule has 0 bridgehead atoms. The van der Waals surface area contributed by atoms with Gasteiger partial charge in [0.25, 0.3) is 10.1 Å². The summed E-state index contributed by atoms with van der Waals surface area (Å²) in [5.41, 5.74) is 0.592. The molecule has 8 heteroatoms. The molecule has 0 atom stereocenters. The monoisotopic (exact) mass is 434 g/mol. The molecule has 0 radical (unpaired) electrons. The van der Waals surface area contributed by atoms with Crippen molar-refractivity contribution in [1.29, 1.82) is 0 Å². The Kier molecular flexibility index (Phi) is 5.59. The van der Waals surface area contributed by atoms with E-state index in [4.69, 9.17) is 0 Å². The summed E-state index contributed by atoms with van der Waals surface area (Å²) in [5.74, 6) is -0.0565. The zero-order valence-corrected chi connectivity index (χ0v) is 14.5. The zero-order valence-electron chi connectivity index (χ0n) is 11.5. The topological polar surface area (TPSA) is 95.5 Å². The van der Waals surface area contributed by atoms with Gasteiger partial charge in [-0.1, -0.05) is 46.9 Å². The van der Waals surface area contributed by atoms with Crippen molar-refractivity contribution in [3.8, 4) is 0 Å². The van der Waals surface area contributed by atoms with E-state index in [1.807, 2.05) is 22.6 Å². The van der Waals surface area contributed by atoms with Gasteiger partial charge in [-0.2, -0.15) is 8.42 Å². The van der Waals surface area contributed by atoms with Gasteiger partial charge in [-0.05, 0) is 17.5 Å². The second kappa shape index (κ2) is 7.25. The predicted molar refractivity (Wildman–Crippen MR) is 94.1 cm³/mol. The molecule has 0 aromatic heterocycles. The van der Waals surface area contributed by atoms with Crippen LogP contribution < -0.4 is 10.6 Å². The lowest BCUT2D eigenvalue weighted by Crippen LogP contribution is -2.29. The SMILES string of the molecule is O=C(CI)NCCNc1cccc2cccc(S(=O)(=O)O)c12. The summed E-state index contributed by atoms with van der Waals surface area (Å²) in [7, 11) is -4.31. The quantitative estimate of drug-likeness (QED) is 0.280. The van der Waals surface area contributed by atoms with Crippen LogP contribution in [0.3, 0.4) is 0 Å². The Balaban J connectivity index is 2.28. The van der Waals surface area contributed by atoms with Crippen molar-refractivity contribution in [3.05, 3.63) is 36.4 Å². The molecule has 0 aliphatic rings. The van der Waals surface area contributed by atoms with Crippen LogP contribution in [0.25, 0.3) is 10.8 Å². The van der Waals surface area contributed by atoms with Gasteiger partial charge in [-0.25, -0.2) is 0 Å². The highest BCUT2D eigenvalue weighted by Crippen LogP contribution is 2.29. The van der Waals surface area contributed by atoms with Gasteiger partial charge in [0, 0.05) is 24.2 Å². The second-order valence-electron chi connectivity index (χ2n) is 4.55. The summed E-state index contributed by atoms with van der Waals surface area (Å²) >= 11 is 1.97. The predicted octanol–water partition coefficient (Wildman–Crippen LogP) is 2.05. The van der Waals surface area contributed by atoms with Crippen molar-refractivity contribution >= 4 is 55.1 Å². The Bertz CT molecular complexity index is 787. The Morgan fingerprint density at radius 2 is 1.82 bits per heavy atom. The standard InChI is InChI=1S/C14H15IN2O4S/c15-9-13(18)17-8-7-16-11-5-1-3-10-4-2-6-12(14(10)11)22(19,20)21/h1-6,16H,7-9H2,(H,17,18)(H,19,20,21). The van der Waals surface area contributed by atoms with E-state index in [2.05, 4.69) is 10.6 Å². The van der Waals surface area contributed by atoms with E-state index in [0.717, 1.165) is 0 Å². The number of alkyl halides is 1. The highest BCUT2D eigenvalue weighted by molar-refractivity contribution is 14.1. The van der Waals surface area contributed by atoms with Crippen LogP contribution in [0, 0.1) is 0 Å². The van der Waals surface area contributed by atoms with Crippen molar-refractivity contribution in [1.82, 2.24) is 5.32 Å². The molecule has 3 N–H and O–H groups in total. The molecule has 0 aliphatic heterocycles. The normalized spacial score (nSPS) is 11.4. The van der Waals surface area contributed by atoms with E-state index in [-0.39, 0.29) is 10.8 Å². The molecule has 2 rings (SSSR count). The summed E-state index contributed by atoms with van der Waals surface area (Å²) < 4.78 is 32.8. The third kappa shape index (κ3) is 4.08. The second-order valence-corrected chi connectivity index (χ2v) is 6.70. The number of nitrogens with one attached hydrogen (secondary N) is 2. The number of fused-ring (bicyclic) bond motifs is 1. The van der Waals surface area contributed by atoms with E-state index in [9.17, 15) is 17.8 Å². The lowest BCUT2D eigenvalue weighted by atomic mass is 10.1. The van der Waals surface area contributed by atoms with Crippen LogP contribution in [0.2, 0.25) is 0 Å². The van der Waals surface area contributed by atoms with Gasteiger partial charge in [0.1, 0.15) is 4.90 Å². The van der Waals surface area contributed by atoms with Crippen molar-refractivity contribution in [2.24, 2.45) is 0 Å². The van der Waals surface area contributed by atoms with E-state index in [0.29, 0.717) is 34.0 Å². The van der Waals surface area contributed by atoms with Gasteiger partial charge in [-0.3, -0.25) is 9.35 Å².